The van der Waals surface area contributed by atoms with E-state index in [0.29, 0.717) is 41.7 Å². The number of benzene rings is 2. The van der Waals surface area contributed by atoms with Crippen LogP contribution in [0, 0.1) is 10.1 Å². The Morgan fingerprint density at radius 1 is 1.00 bits per heavy atom. The molecule has 9 heteroatoms. The lowest BCUT2D eigenvalue weighted by atomic mass is 10.1. The van der Waals surface area contributed by atoms with Gasteiger partial charge in [0, 0.05) is 48.9 Å². The number of anilines is 1. The number of aromatic nitrogens is 1. The summed E-state index contributed by atoms with van der Waals surface area (Å²) in [6.07, 6.45) is 1.74. The Kier molecular flexibility index (Phi) is 6.39. The Hall–Kier alpha value is -3.10. The Bertz CT molecular complexity index is 1100. The van der Waals surface area contributed by atoms with Gasteiger partial charge in [0.15, 0.2) is 0 Å². The Balaban J connectivity index is 1.49. The Labute approximate surface area is 188 Å². The third kappa shape index (κ3) is 4.81. The van der Waals surface area contributed by atoms with Gasteiger partial charge in [-0.15, -0.1) is 0 Å². The van der Waals surface area contributed by atoms with Crippen LogP contribution in [0.25, 0.3) is 0 Å². The van der Waals surface area contributed by atoms with Gasteiger partial charge in [0.05, 0.1) is 14.8 Å². The maximum Gasteiger partial charge on any atom is 0.284 e. The van der Waals surface area contributed by atoms with E-state index in [-0.39, 0.29) is 11.6 Å². The van der Waals surface area contributed by atoms with E-state index in [9.17, 15) is 14.9 Å². The summed E-state index contributed by atoms with van der Waals surface area (Å²) in [5.41, 5.74) is 0.199. The maximum atomic E-state index is 13.0. The molecule has 158 valence electrons. The van der Waals surface area contributed by atoms with Crippen molar-refractivity contribution in [1.29, 1.82) is 0 Å². The van der Waals surface area contributed by atoms with Crippen LogP contribution in [-0.2, 0) is 0 Å². The van der Waals surface area contributed by atoms with Crippen LogP contribution >= 0.6 is 23.4 Å². The summed E-state index contributed by atoms with van der Waals surface area (Å²) in [7, 11) is 0. The number of halogens is 1. The molecule has 0 N–H and O–H groups in total. The van der Waals surface area contributed by atoms with Crippen molar-refractivity contribution >= 4 is 40.8 Å². The van der Waals surface area contributed by atoms with Crippen molar-refractivity contribution in [2.24, 2.45) is 0 Å². The number of pyridine rings is 1. The lowest BCUT2D eigenvalue weighted by Crippen LogP contribution is -2.49. The Morgan fingerprint density at radius 2 is 1.74 bits per heavy atom. The zero-order chi connectivity index (χ0) is 21.8. The minimum absolute atomic E-state index is 0.108. The van der Waals surface area contributed by atoms with Crippen molar-refractivity contribution in [3.8, 4) is 0 Å². The largest absolute Gasteiger partial charge is 0.353 e. The number of amides is 1. The fourth-order valence-corrected chi connectivity index (χ4v) is 4.56. The highest BCUT2D eigenvalue weighted by molar-refractivity contribution is 7.99. The molecule has 31 heavy (non-hydrogen) atoms. The fourth-order valence-electron chi connectivity index (χ4n) is 3.39. The molecule has 4 rings (SSSR count). The van der Waals surface area contributed by atoms with E-state index in [2.05, 4.69) is 9.88 Å². The highest BCUT2D eigenvalue weighted by Crippen LogP contribution is 2.38. The van der Waals surface area contributed by atoms with E-state index in [1.807, 2.05) is 24.3 Å². The maximum absolute atomic E-state index is 13.0. The van der Waals surface area contributed by atoms with E-state index in [0.717, 1.165) is 10.7 Å². The molecule has 1 aliphatic rings. The molecule has 0 unspecified atom stereocenters. The van der Waals surface area contributed by atoms with Crippen molar-refractivity contribution in [3.05, 3.63) is 87.6 Å². The van der Waals surface area contributed by atoms with Crippen LogP contribution in [0.2, 0.25) is 5.02 Å². The SMILES string of the molecule is O=C(c1ccc(Sc2ccccc2Cl)c([N+](=O)[O-])c1)N1CCN(c2ccccn2)CC1. The molecular weight excluding hydrogens is 436 g/mol. The molecule has 1 aliphatic heterocycles. The molecule has 1 amide bonds. The number of piperazine rings is 1. The predicted octanol–water partition coefficient (Wildman–Crippen LogP) is 4.76. The van der Waals surface area contributed by atoms with Gasteiger partial charge in [0.1, 0.15) is 5.82 Å². The third-order valence-electron chi connectivity index (χ3n) is 5.00. The minimum atomic E-state index is -0.463. The number of hydrogen-bond donors (Lipinski definition) is 0. The van der Waals surface area contributed by atoms with Crippen LogP contribution in [0.1, 0.15) is 10.4 Å². The van der Waals surface area contributed by atoms with Gasteiger partial charge in [-0.3, -0.25) is 14.9 Å². The molecular formula is C22H19ClN4O3S. The van der Waals surface area contributed by atoms with Crippen molar-refractivity contribution < 1.29 is 9.72 Å². The van der Waals surface area contributed by atoms with Crippen molar-refractivity contribution in [2.45, 2.75) is 9.79 Å². The highest BCUT2D eigenvalue weighted by atomic mass is 35.5. The van der Waals surface area contributed by atoms with Gasteiger partial charge in [-0.05, 0) is 36.4 Å². The quantitative estimate of drug-likeness (QED) is 0.408. The first-order valence-corrected chi connectivity index (χ1v) is 10.9. The summed E-state index contributed by atoms with van der Waals surface area (Å²) in [5, 5.41) is 12.2. The summed E-state index contributed by atoms with van der Waals surface area (Å²) in [4.78, 5) is 33.5. The molecule has 0 atom stereocenters. The molecule has 7 nitrogen and oxygen atoms in total. The van der Waals surface area contributed by atoms with E-state index in [4.69, 9.17) is 11.6 Å². The van der Waals surface area contributed by atoms with Gasteiger partial charge < -0.3 is 9.80 Å². The van der Waals surface area contributed by atoms with Gasteiger partial charge in [0.25, 0.3) is 11.6 Å². The number of carbonyl (C=O) groups excluding carboxylic acids is 1. The number of nitro benzene ring substituents is 1. The monoisotopic (exact) mass is 454 g/mol. The molecule has 3 aromatic rings. The van der Waals surface area contributed by atoms with Gasteiger partial charge in [0.2, 0.25) is 0 Å². The standard InChI is InChI=1S/C22H19ClN4O3S/c23-17-5-1-2-6-19(17)31-20-9-8-16(15-18(20)27(29)30)22(28)26-13-11-25(12-14-26)21-7-3-4-10-24-21/h1-10,15H,11-14H2. The molecule has 0 saturated carbocycles. The lowest BCUT2D eigenvalue weighted by molar-refractivity contribution is -0.387. The zero-order valence-electron chi connectivity index (χ0n) is 16.5. The van der Waals surface area contributed by atoms with Gasteiger partial charge in [-0.1, -0.05) is 41.6 Å². The highest BCUT2D eigenvalue weighted by Gasteiger charge is 2.25. The number of hydrogen-bond acceptors (Lipinski definition) is 6. The van der Waals surface area contributed by atoms with Crippen LogP contribution in [0.3, 0.4) is 0 Å². The first kappa shape index (κ1) is 21.1. The number of carbonyl (C=O) groups is 1. The molecule has 2 aromatic carbocycles. The second kappa shape index (κ2) is 9.36. The lowest BCUT2D eigenvalue weighted by Gasteiger charge is -2.35. The van der Waals surface area contributed by atoms with Crippen LogP contribution in [-0.4, -0.2) is 46.9 Å². The smallest absolute Gasteiger partial charge is 0.284 e. The first-order valence-electron chi connectivity index (χ1n) is 9.69. The zero-order valence-corrected chi connectivity index (χ0v) is 18.1. The average Bonchev–Trinajstić information content (AvgIpc) is 2.81. The summed E-state index contributed by atoms with van der Waals surface area (Å²) >= 11 is 7.40. The van der Waals surface area contributed by atoms with Crippen LogP contribution in [0.4, 0.5) is 11.5 Å². The fraction of sp³-hybridized carbons (Fsp3) is 0.182. The molecule has 0 spiro atoms. The summed E-state index contributed by atoms with van der Waals surface area (Å²) in [6.45, 7) is 2.37. The van der Waals surface area contributed by atoms with E-state index >= 15 is 0 Å². The molecule has 0 aliphatic carbocycles. The molecule has 0 bridgehead atoms. The average molecular weight is 455 g/mol. The number of nitro groups is 1. The Morgan fingerprint density at radius 3 is 2.42 bits per heavy atom. The predicted molar refractivity (Wildman–Crippen MR) is 121 cm³/mol. The second-order valence-corrected chi connectivity index (χ2v) is 8.43. The topological polar surface area (TPSA) is 79.6 Å². The van der Waals surface area contributed by atoms with Gasteiger partial charge in [-0.25, -0.2) is 4.98 Å². The summed E-state index contributed by atoms with van der Waals surface area (Å²) in [6, 6.07) is 17.5. The molecule has 1 saturated heterocycles. The van der Waals surface area contributed by atoms with E-state index in [1.54, 1.807) is 41.4 Å². The number of rotatable bonds is 5. The minimum Gasteiger partial charge on any atom is -0.353 e. The summed E-state index contributed by atoms with van der Waals surface area (Å²) < 4.78 is 0. The van der Waals surface area contributed by atoms with Crippen LogP contribution in [0.15, 0.2) is 76.7 Å². The summed E-state index contributed by atoms with van der Waals surface area (Å²) in [5.74, 6) is 0.671. The molecule has 1 fully saturated rings. The second-order valence-electron chi connectivity index (χ2n) is 6.94. The molecule has 0 radical (unpaired) electrons. The first-order chi connectivity index (χ1) is 15.0. The molecule has 2 heterocycles. The van der Waals surface area contributed by atoms with Crippen molar-refractivity contribution in [1.82, 2.24) is 9.88 Å². The van der Waals surface area contributed by atoms with Gasteiger partial charge in [-0.2, -0.15) is 0 Å². The van der Waals surface area contributed by atoms with Crippen LogP contribution < -0.4 is 4.90 Å². The van der Waals surface area contributed by atoms with E-state index < -0.39 is 4.92 Å². The number of nitrogens with zero attached hydrogens (tertiary/aromatic N) is 4. The normalized spacial score (nSPS) is 13.8. The molecule has 1 aromatic heterocycles. The van der Waals surface area contributed by atoms with Crippen molar-refractivity contribution in [3.63, 3.8) is 0 Å². The van der Waals surface area contributed by atoms with Crippen LogP contribution in [0.5, 0.6) is 0 Å². The van der Waals surface area contributed by atoms with E-state index in [1.165, 1.54) is 17.8 Å². The third-order valence-corrected chi connectivity index (χ3v) is 6.58. The van der Waals surface area contributed by atoms with Gasteiger partial charge >= 0.3 is 0 Å². The van der Waals surface area contributed by atoms with Crippen molar-refractivity contribution in [2.75, 3.05) is 31.1 Å².